The molecule has 0 radical (unpaired) electrons. The van der Waals surface area contributed by atoms with Crippen LogP contribution in [-0.4, -0.2) is 50.4 Å². The fraction of sp³-hybridized carbons (Fsp3) is 0.0833. The minimum absolute atomic E-state index is 0.560. The Balaban J connectivity index is 1.27. The summed E-state index contributed by atoms with van der Waals surface area (Å²) in [7, 11) is 0. The Bertz CT molecular complexity index is 1480. The van der Waals surface area contributed by atoms with Gasteiger partial charge in [-0.05, 0) is 57.3 Å². The molecule has 6 aromatic rings. The van der Waals surface area contributed by atoms with Crippen LogP contribution in [0.4, 0.5) is 0 Å². The molecule has 0 bridgehead atoms. The van der Waals surface area contributed by atoms with Gasteiger partial charge in [0, 0.05) is 11.5 Å². The van der Waals surface area contributed by atoms with E-state index in [2.05, 4.69) is 31.1 Å². The van der Waals surface area contributed by atoms with Crippen molar-refractivity contribution in [1.29, 1.82) is 0 Å². The van der Waals surface area contributed by atoms with Crippen LogP contribution in [0.5, 0.6) is 0 Å². The van der Waals surface area contributed by atoms with Crippen LogP contribution < -0.4 is 0 Å². The van der Waals surface area contributed by atoms with Crippen LogP contribution in [0.1, 0.15) is 11.4 Å². The van der Waals surface area contributed by atoms with Crippen molar-refractivity contribution in [3.05, 3.63) is 96.3 Å². The average molecular weight is 511 g/mol. The van der Waals surface area contributed by atoms with Gasteiger partial charge in [-0.3, -0.25) is 0 Å². The lowest BCUT2D eigenvalue weighted by molar-refractivity contribution is 0.756. The van der Waals surface area contributed by atoms with Gasteiger partial charge >= 0.3 is 0 Å². The number of rotatable bonds is 8. The molecule has 0 saturated heterocycles. The molecular weight excluding hydrogens is 492 g/mol. The molecule has 0 aliphatic heterocycles. The molecule has 176 valence electrons. The Morgan fingerprint density at radius 2 is 0.944 bits per heavy atom. The zero-order valence-corrected chi connectivity index (χ0v) is 20.4. The van der Waals surface area contributed by atoms with E-state index in [1.165, 1.54) is 23.5 Å². The minimum atomic E-state index is 0.560. The molecular formula is C24H18N10S2. The molecule has 0 saturated carbocycles. The number of thioether (sulfide) groups is 2. The fourth-order valence-electron chi connectivity index (χ4n) is 3.57. The van der Waals surface area contributed by atoms with Crippen molar-refractivity contribution in [2.75, 3.05) is 0 Å². The van der Waals surface area contributed by atoms with E-state index in [1.807, 2.05) is 84.9 Å². The Morgan fingerprint density at radius 1 is 0.528 bits per heavy atom. The van der Waals surface area contributed by atoms with Crippen LogP contribution in [0.2, 0.25) is 0 Å². The fourth-order valence-corrected chi connectivity index (χ4v) is 5.28. The molecule has 0 aliphatic rings. The van der Waals surface area contributed by atoms with E-state index in [0.717, 1.165) is 33.8 Å². The van der Waals surface area contributed by atoms with Gasteiger partial charge in [-0.25, -0.2) is 9.97 Å². The number of fused-ring (bicyclic) bond motifs is 1. The predicted octanol–water partition coefficient (Wildman–Crippen LogP) is 4.17. The third-order valence-electron chi connectivity index (χ3n) is 5.28. The summed E-state index contributed by atoms with van der Waals surface area (Å²) < 4.78 is 3.45. The van der Waals surface area contributed by atoms with E-state index < -0.39 is 0 Å². The second-order valence-corrected chi connectivity index (χ2v) is 9.49. The van der Waals surface area contributed by atoms with Crippen LogP contribution in [0, 0.1) is 0 Å². The van der Waals surface area contributed by atoms with Crippen molar-refractivity contribution >= 4 is 34.6 Å². The molecule has 0 unspecified atom stereocenters. The highest BCUT2D eigenvalue weighted by Gasteiger charge is 2.16. The summed E-state index contributed by atoms with van der Waals surface area (Å²) in [4.78, 5) is 9.85. The van der Waals surface area contributed by atoms with Gasteiger partial charge in [-0.1, -0.05) is 72.1 Å². The molecule has 36 heavy (non-hydrogen) atoms. The first-order chi connectivity index (χ1) is 17.8. The molecule has 12 heteroatoms. The van der Waals surface area contributed by atoms with Crippen molar-refractivity contribution in [1.82, 2.24) is 50.4 Å². The SMILES string of the molecule is c1ccc(-n2nnnc2SCc2nc3ccccc3nc2CSc2nnnn2-c2ccccc2)cc1. The lowest BCUT2D eigenvalue weighted by Gasteiger charge is -2.10. The Morgan fingerprint density at radius 3 is 1.39 bits per heavy atom. The average Bonchev–Trinajstić information content (AvgIpc) is 3.61. The standard InChI is InChI=1S/C24H18N10S2/c1-3-9-17(10-4-1)33-23(27-29-31-33)35-15-21-22(26-20-14-8-7-13-19(20)25-21)16-36-24-28-30-32-34(24)18-11-5-2-6-12-18/h1-14H,15-16H2. The maximum Gasteiger partial charge on any atom is 0.214 e. The summed E-state index contributed by atoms with van der Waals surface area (Å²) in [6.07, 6.45) is 0. The van der Waals surface area contributed by atoms with Gasteiger partial charge < -0.3 is 0 Å². The van der Waals surface area contributed by atoms with E-state index in [1.54, 1.807) is 9.36 Å². The van der Waals surface area contributed by atoms with Crippen LogP contribution in [0.3, 0.4) is 0 Å². The second-order valence-electron chi connectivity index (χ2n) is 7.60. The molecule has 6 rings (SSSR count). The first-order valence-corrected chi connectivity index (χ1v) is 13.0. The second kappa shape index (κ2) is 10.2. The van der Waals surface area contributed by atoms with Crippen LogP contribution in [0.15, 0.2) is 95.2 Å². The number of aromatic nitrogens is 10. The first kappa shape index (κ1) is 22.3. The number of tetrazole rings is 2. The normalized spacial score (nSPS) is 11.2. The molecule has 3 aromatic carbocycles. The molecule has 0 atom stereocenters. The summed E-state index contributed by atoms with van der Waals surface area (Å²) in [5.41, 5.74) is 5.23. The molecule has 0 spiro atoms. The minimum Gasteiger partial charge on any atom is -0.248 e. The Kier molecular flexibility index (Phi) is 6.33. The molecule has 3 heterocycles. The monoisotopic (exact) mass is 510 g/mol. The highest BCUT2D eigenvalue weighted by Crippen LogP contribution is 2.28. The van der Waals surface area contributed by atoms with Crippen LogP contribution >= 0.6 is 23.5 Å². The highest BCUT2D eigenvalue weighted by atomic mass is 32.2. The maximum absolute atomic E-state index is 4.92. The van der Waals surface area contributed by atoms with E-state index in [4.69, 9.17) is 9.97 Å². The number of benzene rings is 3. The Hall–Kier alpha value is -4.16. The molecule has 3 aromatic heterocycles. The number of para-hydroxylation sites is 4. The van der Waals surface area contributed by atoms with Gasteiger partial charge in [0.1, 0.15) is 0 Å². The van der Waals surface area contributed by atoms with Gasteiger partial charge in [0.15, 0.2) is 0 Å². The van der Waals surface area contributed by atoms with Crippen LogP contribution in [0.25, 0.3) is 22.4 Å². The number of nitrogens with zero attached hydrogens (tertiary/aromatic N) is 10. The number of hydrogen-bond donors (Lipinski definition) is 0. The Labute approximate surface area is 214 Å². The topological polar surface area (TPSA) is 113 Å². The summed E-state index contributed by atoms with van der Waals surface area (Å²) >= 11 is 3.03. The lowest BCUT2D eigenvalue weighted by atomic mass is 10.2. The van der Waals surface area contributed by atoms with Crippen molar-refractivity contribution in [3.63, 3.8) is 0 Å². The van der Waals surface area contributed by atoms with Crippen LogP contribution in [-0.2, 0) is 11.5 Å². The largest absolute Gasteiger partial charge is 0.248 e. The molecule has 0 aliphatic carbocycles. The summed E-state index contributed by atoms with van der Waals surface area (Å²) in [5.74, 6) is 1.12. The van der Waals surface area contributed by atoms with Crippen molar-refractivity contribution in [2.24, 2.45) is 0 Å². The summed E-state index contributed by atoms with van der Waals surface area (Å²) in [6, 6.07) is 27.5. The molecule has 0 fully saturated rings. The number of hydrogen-bond acceptors (Lipinski definition) is 10. The van der Waals surface area contributed by atoms with E-state index in [9.17, 15) is 0 Å². The summed E-state index contributed by atoms with van der Waals surface area (Å²) in [6.45, 7) is 0. The third kappa shape index (κ3) is 4.68. The zero-order chi connectivity index (χ0) is 24.2. The van der Waals surface area contributed by atoms with Crippen molar-refractivity contribution in [3.8, 4) is 11.4 Å². The predicted molar refractivity (Wildman–Crippen MR) is 137 cm³/mol. The van der Waals surface area contributed by atoms with E-state index in [0.29, 0.717) is 21.8 Å². The van der Waals surface area contributed by atoms with Gasteiger partial charge in [-0.2, -0.15) is 9.36 Å². The lowest BCUT2D eigenvalue weighted by Crippen LogP contribution is -2.03. The smallest absolute Gasteiger partial charge is 0.214 e. The molecule has 0 N–H and O–H groups in total. The van der Waals surface area contributed by atoms with Gasteiger partial charge in [0.25, 0.3) is 0 Å². The molecule has 10 nitrogen and oxygen atoms in total. The molecule has 0 amide bonds. The van der Waals surface area contributed by atoms with Gasteiger partial charge in [0.05, 0.1) is 33.8 Å². The van der Waals surface area contributed by atoms with Crippen molar-refractivity contribution < 1.29 is 0 Å². The summed E-state index contributed by atoms with van der Waals surface area (Å²) in [5, 5.41) is 25.8. The van der Waals surface area contributed by atoms with E-state index >= 15 is 0 Å². The quantitative estimate of drug-likeness (QED) is 0.277. The third-order valence-corrected chi connectivity index (χ3v) is 7.15. The maximum atomic E-state index is 4.92. The van der Waals surface area contributed by atoms with E-state index in [-0.39, 0.29) is 0 Å². The van der Waals surface area contributed by atoms with Crippen molar-refractivity contribution in [2.45, 2.75) is 21.8 Å². The van der Waals surface area contributed by atoms with Gasteiger partial charge in [-0.15, -0.1) is 10.2 Å². The van der Waals surface area contributed by atoms with Gasteiger partial charge in [0.2, 0.25) is 10.3 Å². The highest BCUT2D eigenvalue weighted by molar-refractivity contribution is 7.98. The zero-order valence-electron chi connectivity index (χ0n) is 18.8. The first-order valence-electron chi connectivity index (χ1n) is 11.0.